The van der Waals surface area contributed by atoms with Gasteiger partial charge in [0.25, 0.3) is 0 Å². The highest BCUT2D eigenvalue weighted by atomic mass is 16.6. The number of hydrogen-bond donors (Lipinski definition) is 2. The molecule has 0 saturated carbocycles. The minimum Gasteiger partial charge on any atom is -0.467 e. The lowest BCUT2D eigenvalue weighted by Crippen LogP contribution is -2.05. The third-order valence-corrected chi connectivity index (χ3v) is 4.66. The first kappa shape index (κ1) is 14.9. The summed E-state index contributed by atoms with van der Waals surface area (Å²) in [6.45, 7) is 0.390. The molecule has 28 heavy (non-hydrogen) atoms. The second-order valence-electron chi connectivity index (χ2n) is 6.34. The van der Waals surface area contributed by atoms with E-state index < -0.39 is 0 Å². The molecule has 0 bridgehead atoms. The molecule has 10 heteroatoms. The van der Waals surface area contributed by atoms with Gasteiger partial charge in [-0.15, -0.1) is 0 Å². The minimum atomic E-state index is 0.306. The van der Waals surface area contributed by atoms with Gasteiger partial charge in [0.2, 0.25) is 11.3 Å². The average molecular weight is 372 g/mol. The van der Waals surface area contributed by atoms with E-state index in [1.54, 1.807) is 6.26 Å². The van der Waals surface area contributed by atoms with E-state index in [9.17, 15) is 0 Å². The monoisotopic (exact) mass is 372 g/mol. The normalized spacial score (nSPS) is 11.9. The number of imidazole rings is 1. The van der Waals surface area contributed by atoms with Crippen molar-refractivity contribution in [3.8, 4) is 11.4 Å². The van der Waals surface area contributed by atoms with Gasteiger partial charge < -0.3 is 19.7 Å². The number of rotatable bonds is 3. The Hall–Kier alpha value is -4.21. The largest absolute Gasteiger partial charge is 0.467 e. The van der Waals surface area contributed by atoms with Gasteiger partial charge in [0.05, 0.1) is 29.4 Å². The molecule has 0 saturated heterocycles. The summed E-state index contributed by atoms with van der Waals surface area (Å²) in [7, 11) is 0. The predicted octanol–water partition coefficient (Wildman–Crippen LogP) is 2.73. The van der Waals surface area contributed by atoms with E-state index in [2.05, 4.69) is 30.2 Å². The summed E-state index contributed by atoms with van der Waals surface area (Å²) in [5, 5.41) is 7.59. The Bertz CT molecular complexity index is 1420. The first-order valence-corrected chi connectivity index (χ1v) is 8.53. The number of fused-ring (bicyclic) bond motifs is 3. The first-order valence-electron chi connectivity index (χ1n) is 8.53. The molecule has 0 radical (unpaired) electrons. The number of nitrogens with one attached hydrogen (secondary N) is 1. The fourth-order valence-corrected chi connectivity index (χ4v) is 3.38. The molecule has 0 amide bonds. The molecular formula is C18H12N8O2. The van der Waals surface area contributed by atoms with Gasteiger partial charge in [-0.3, -0.25) is 0 Å². The van der Waals surface area contributed by atoms with E-state index in [4.69, 9.17) is 14.8 Å². The number of benzene rings is 1. The topological polar surface area (TPSA) is 137 Å². The van der Waals surface area contributed by atoms with E-state index in [0.29, 0.717) is 46.2 Å². The van der Waals surface area contributed by atoms with Gasteiger partial charge in [-0.2, -0.15) is 0 Å². The molecule has 5 aromatic heterocycles. The summed E-state index contributed by atoms with van der Waals surface area (Å²) < 4.78 is 12.1. The molecule has 3 N–H and O–H groups in total. The lowest BCUT2D eigenvalue weighted by atomic mass is 10.2. The molecule has 6 aromatic rings. The summed E-state index contributed by atoms with van der Waals surface area (Å²) in [5.41, 5.74) is 10.6. The van der Waals surface area contributed by atoms with Crippen LogP contribution in [0.25, 0.3) is 44.9 Å². The van der Waals surface area contributed by atoms with Crippen LogP contribution in [0.1, 0.15) is 5.76 Å². The van der Waals surface area contributed by atoms with Crippen LogP contribution < -0.4 is 5.73 Å². The Balaban J connectivity index is 1.67. The number of nitrogens with zero attached hydrogens (tertiary/aromatic N) is 6. The quantitative estimate of drug-likeness (QED) is 0.484. The second-order valence-corrected chi connectivity index (χ2v) is 6.34. The van der Waals surface area contributed by atoms with Crippen LogP contribution in [0.15, 0.2) is 51.7 Å². The molecule has 6 rings (SSSR count). The molecule has 1 aromatic carbocycles. The van der Waals surface area contributed by atoms with Crippen LogP contribution in [0.5, 0.6) is 0 Å². The molecule has 0 spiro atoms. The average Bonchev–Trinajstić information content (AvgIpc) is 3.47. The zero-order chi connectivity index (χ0) is 18.7. The summed E-state index contributed by atoms with van der Waals surface area (Å²) in [5.74, 6) is 1.81. The highest BCUT2D eigenvalue weighted by molar-refractivity contribution is 6.00. The van der Waals surface area contributed by atoms with E-state index in [1.165, 1.54) is 0 Å². The number of furan rings is 1. The van der Waals surface area contributed by atoms with Crippen molar-refractivity contribution >= 4 is 39.3 Å². The van der Waals surface area contributed by atoms with E-state index in [0.717, 1.165) is 16.8 Å². The highest BCUT2D eigenvalue weighted by Gasteiger charge is 2.24. The van der Waals surface area contributed by atoms with Gasteiger partial charge in [-0.1, -0.05) is 12.1 Å². The minimum absolute atomic E-state index is 0.306. The number of para-hydroxylation sites is 2. The Morgan fingerprint density at radius 1 is 1.00 bits per heavy atom. The van der Waals surface area contributed by atoms with Crippen LogP contribution in [0.4, 0.5) is 5.82 Å². The fraction of sp³-hybridized carbons (Fsp3) is 0.0556. The maximum absolute atomic E-state index is 6.53. The number of aromatic nitrogens is 7. The molecule has 0 fully saturated rings. The van der Waals surface area contributed by atoms with Gasteiger partial charge in [0, 0.05) is 0 Å². The zero-order valence-corrected chi connectivity index (χ0v) is 14.3. The Morgan fingerprint density at radius 3 is 2.68 bits per heavy atom. The second kappa shape index (κ2) is 5.39. The van der Waals surface area contributed by atoms with Crippen LogP contribution >= 0.6 is 0 Å². The molecule has 0 aliphatic heterocycles. The Kier molecular flexibility index (Phi) is 2.87. The van der Waals surface area contributed by atoms with Crippen molar-refractivity contribution < 1.29 is 9.05 Å². The number of H-pyrrole nitrogens is 1. The van der Waals surface area contributed by atoms with E-state index in [1.807, 2.05) is 41.0 Å². The zero-order valence-electron chi connectivity index (χ0n) is 14.3. The van der Waals surface area contributed by atoms with Crippen molar-refractivity contribution in [2.75, 3.05) is 5.73 Å². The van der Waals surface area contributed by atoms with Crippen LogP contribution in [-0.4, -0.2) is 34.8 Å². The SMILES string of the molecule is Nc1c(-c2nc3ccccc3[nH]2)c2nc3nonc3nc2n1Cc1ccco1. The van der Waals surface area contributed by atoms with Gasteiger partial charge in [-0.25, -0.2) is 19.6 Å². The van der Waals surface area contributed by atoms with Gasteiger partial charge in [0.1, 0.15) is 22.9 Å². The van der Waals surface area contributed by atoms with Crippen LogP contribution in [0, 0.1) is 0 Å². The molecular weight excluding hydrogens is 360 g/mol. The van der Waals surface area contributed by atoms with Crippen molar-refractivity contribution in [3.63, 3.8) is 0 Å². The summed E-state index contributed by atoms with van der Waals surface area (Å²) in [4.78, 5) is 17.1. The molecule has 136 valence electrons. The highest BCUT2D eigenvalue weighted by Crippen LogP contribution is 2.35. The Morgan fingerprint density at radius 2 is 1.86 bits per heavy atom. The lowest BCUT2D eigenvalue weighted by Gasteiger charge is -2.04. The van der Waals surface area contributed by atoms with Crippen molar-refractivity contribution in [1.29, 1.82) is 0 Å². The first-order chi connectivity index (χ1) is 13.8. The van der Waals surface area contributed by atoms with Crippen LogP contribution in [-0.2, 0) is 6.54 Å². The van der Waals surface area contributed by atoms with Crippen molar-refractivity contribution in [2.45, 2.75) is 6.54 Å². The maximum atomic E-state index is 6.53. The summed E-state index contributed by atoms with van der Waals surface area (Å²) in [6.07, 6.45) is 1.61. The molecule has 0 atom stereocenters. The van der Waals surface area contributed by atoms with Gasteiger partial charge in [0.15, 0.2) is 5.65 Å². The Labute approximate surface area is 156 Å². The van der Waals surface area contributed by atoms with Gasteiger partial charge >= 0.3 is 0 Å². The van der Waals surface area contributed by atoms with Crippen LogP contribution in [0.3, 0.4) is 0 Å². The number of anilines is 1. The predicted molar refractivity (Wildman–Crippen MR) is 100 cm³/mol. The van der Waals surface area contributed by atoms with Crippen molar-refractivity contribution in [3.05, 3.63) is 48.4 Å². The van der Waals surface area contributed by atoms with Crippen molar-refractivity contribution in [2.24, 2.45) is 0 Å². The molecule has 0 aliphatic carbocycles. The van der Waals surface area contributed by atoms with Gasteiger partial charge in [-0.05, 0) is 34.6 Å². The third-order valence-electron chi connectivity index (χ3n) is 4.66. The molecule has 5 heterocycles. The summed E-state index contributed by atoms with van der Waals surface area (Å²) in [6, 6.07) is 11.5. The number of nitrogen functional groups attached to an aromatic ring is 1. The standard InChI is InChI=1S/C18H12N8O2/c19-14-12(15-20-10-5-1-2-6-11(10)21-15)13-18(23-17-16(22-13)24-28-25-17)26(14)8-9-4-3-7-27-9/h1-7H,8,19H2,(H,20,21). The number of hydrogen-bond acceptors (Lipinski definition) is 8. The summed E-state index contributed by atoms with van der Waals surface area (Å²) >= 11 is 0. The van der Waals surface area contributed by atoms with Crippen molar-refractivity contribution in [1.82, 2.24) is 34.8 Å². The van der Waals surface area contributed by atoms with E-state index in [-0.39, 0.29) is 0 Å². The molecule has 0 aliphatic rings. The smallest absolute Gasteiger partial charge is 0.245 e. The molecule has 0 unspecified atom stereocenters. The lowest BCUT2D eigenvalue weighted by molar-refractivity contribution is 0.314. The third kappa shape index (κ3) is 2.05. The molecule has 10 nitrogen and oxygen atoms in total. The maximum Gasteiger partial charge on any atom is 0.245 e. The number of aromatic amines is 1. The van der Waals surface area contributed by atoms with E-state index >= 15 is 0 Å². The van der Waals surface area contributed by atoms with Crippen LogP contribution in [0.2, 0.25) is 0 Å². The number of nitrogens with two attached hydrogens (primary N) is 1. The fourth-order valence-electron chi connectivity index (χ4n) is 3.38.